The first-order chi connectivity index (χ1) is 12.6. The van der Waals surface area contributed by atoms with Gasteiger partial charge in [0.05, 0.1) is 12.8 Å². The van der Waals surface area contributed by atoms with Gasteiger partial charge in [-0.25, -0.2) is 8.42 Å². The molecule has 0 atom stereocenters. The third kappa shape index (κ3) is 5.58. The van der Waals surface area contributed by atoms with Crippen LogP contribution in [-0.4, -0.2) is 21.4 Å². The summed E-state index contributed by atoms with van der Waals surface area (Å²) in [6, 6.07) is 9.79. The first kappa shape index (κ1) is 21.0. The Hall–Kier alpha value is -2.32. The van der Waals surface area contributed by atoms with Crippen LogP contribution in [0.1, 0.15) is 19.4 Å². The third-order valence-corrected chi connectivity index (χ3v) is 5.58. The molecule has 0 aliphatic carbocycles. The summed E-state index contributed by atoms with van der Waals surface area (Å²) < 4.78 is 34.2. The molecule has 2 rings (SSSR count). The summed E-state index contributed by atoms with van der Waals surface area (Å²) in [6.45, 7) is 5.46. The second-order valence-electron chi connectivity index (χ2n) is 6.17. The molecular formula is C19H21BrN2O4S. The second-order valence-corrected chi connectivity index (χ2v) is 8.67. The number of ether oxygens (including phenoxy) is 1. The van der Waals surface area contributed by atoms with E-state index in [2.05, 4.69) is 26.0 Å². The number of sulfonamides is 1. The lowest BCUT2D eigenvalue weighted by molar-refractivity contribution is -0.111. The highest BCUT2D eigenvalue weighted by Gasteiger charge is 2.21. The monoisotopic (exact) mass is 452 g/mol. The number of carbonyl (C=O) groups excluding carboxylic acids is 1. The first-order valence-electron chi connectivity index (χ1n) is 8.05. The van der Waals surface area contributed by atoms with Crippen LogP contribution in [0.3, 0.4) is 0 Å². The number of nitrogens with one attached hydrogen (secondary N) is 2. The SMILES string of the molecule is COc1ccc(NC(=O)C=C(C)C)cc1S(=O)(=O)Nc1cc(C)ccc1Br. The van der Waals surface area contributed by atoms with E-state index in [-0.39, 0.29) is 16.6 Å². The van der Waals surface area contributed by atoms with Gasteiger partial charge in [-0.05, 0) is 72.6 Å². The minimum absolute atomic E-state index is 0.0755. The molecule has 0 saturated heterocycles. The molecule has 0 aliphatic rings. The van der Waals surface area contributed by atoms with Crippen molar-refractivity contribution in [3.63, 3.8) is 0 Å². The van der Waals surface area contributed by atoms with Crippen LogP contribution in [0.2, 0.25) is 0 Å². The van der Waals surface area contributed by atoms with Gasteiger partial charge in [-0.3, -0.25) is 9.52 Å². The van der Waals surface area contributed by atoms with Gasteiger partial charge in [-0.1, -0.05) is 11.6 Å². The van der Waals surface area contributed by atoms with E-state index in [1.54, 1.807) is 32.0 Å². The molecule has 0 spiro atoms. The number of allylic oxidation sites excluding steroid dienone is 1. The van der Waals surface area contributed by atoms with Crippen molar-refractivity contribution in [2.45, 2.75) is 25.7 Å². The average Bonchev–Trinajstić information content (AvgIpc) is 2.57. The van der Waals surface area contributed by atoms with Crippen molar-refractivity contribution in [1.29, 1.82) is 0 Å². The number of benzene rings is 2. The molecule has 0 aliphatic heterocycles. The van der Waals surface area contributed by atoms with Crippen LogP contribution < -0.4 is 14.8 Å². The van der Waals surface area contributed by atoms with E-state index in [9.17, 15) is 13.2 Å². The summed E-state index contributed by atoms with van der Waals surface area (Å²) in [5.41, 5.74) is 2.50. The Balaban J connectivity index is 2.42. The Bertz CT molecular complexity index is 997. The lowest BCUT2D eigenvalue weighted by Gasteiger charge is -2.14. The van der Waals surface area contributed by atoms with Gasteiger partial charge in [0.2, 0.25) is 5.91 Å². The van der Waals surface area contributed by atoms with Crippen molar-refractivity contribution < 1.29 is 17.9 Å². The van der Waals surface area contributed by atoms with Crippen molar-refractivity contribution in [2.24, 2.45) is 0 Å². The summed E-state index contributed by atoms with van der Waals surface area (Å²) in [7, 11) is -2.56. The maximum atomic E-state index is 12.9. The van der Waals surface area contributed by atoms with Crippen molar-refractivity contribution in [1.82, 2.24) is 0 Å². The number of halogens is 1. The average molecular weight is 453 g/mol. The highest BCUT2D eigenvalue weighted by atomic mass is 79.9. The summed E-state index contributed by atoms with van der Waals surface area (Å²) in [5.74, 6) is -0.163. The number of carbonyl (C=O) groups is 1. The van der Waals surface area contributed by atoms with Crippen LogP contribution in [0.15, 0.2) is 57.4 Å². The van der Waals surface area contributed by atoms with Gasteiger partial charge in [0, 0.05) is 16.2 Å². The van der Waals surface area contributed by atoms with Crippen LogP contribution in [0.25, 0.3) is 0 Å². The molecule has 0 aromatic heterocycles. The molecule has 0 radical (unpaired) electrons. The Morgan fingerprint density at radius 1 is 1.15 bits per heavy atom. The number of anilines is 2. The molecule has 0 saturated carbocycles. The minimum atomic E-state index is -3.95. The Kier molecular flexibility index (Phi) is 6.67. The Labute approximate surface area is 167 Å². The van der Waals surface area contributed by atoms with E-state index in [1.807, 2.05) is 13.0 Å². The standard InChI is InChI=1S/C19H21BrN2O4S/c1-12(2)9-19(23)21-14-6-8-17(26-4)18(11-14)27(24,25)22-16-10-13(3)5-7-15(16)20/h5-11,22H,1-4H3,(H,21,23). The van der Waals surface area contributed by atoms with E-state index in [4.69, 9.17) is 4.74 Å². The van der Waals surface area contributed by atoms with Gasteiger partial charge in [-0.15, -0.1) is 0 Å². The Morgan fingerprint density at radius 2 is 1.85 bits per heavy atom. The third-order valence-electron chi connectivity index (χ3n) is 3.51. The zero-order valence-electron chi connectivity index (χ0n) is 15.5. The lowest BCUT2D eigenvalue weighted by Crippen LogP contribution is -2.16. The molecule has 2 aromatic rings. The van der Waals surface area contributed by atoms with Gasteiger partial charge < -0.3 is 10.1 Å². The predicted octanol–water partition coefficient (Wildman–Crippen LogP) is 4.47. The number of aryl methyl sites for hydroxylation is 1. The summed E-state index contributed by atoms with van der Waals surface area (Å²) >= 11 is 3.34. The molecule has 0 unspecified atom stereocenters. The van der Waals surface area contributed by atoms with Gasteiger partial charge in [0.15, 0.2) is 0 Å². The van der Waals surface area contributed by atoms with E-state index >= 15 is 0 Å². The fourth-order valence-corrected chi connectivity index (χ4v) is 4.07. The van der Waals surface area contributed by atoms with Crippen LogP contribution in [0, 0.1) is 6.92 Å². The maximum absolute atomic E-state index is 12.9. The molecule has 8 heteroatoms. The van der Waals surface area contributed by atoms with Crippen LogP contribution in [-0.2, 0) is 14.8 Å². The Morgan fingerprint density at radius 3 is 2.48 bits per heavy atom. The molecule has 0 fully saturated rings. The van der Waals surface area contributed by atoms with Crippen LogP contribution in [0.5, 0.6) is 5.75 Å². The largest absolute Gasteiger partial charge is 0.495 e. The highest BCUT2D eigenvalue weighted by molar-refractivity contribution is 9.10. The van der Waals surface area contributed by atoms with Gasteiger partial charge in [-0.2, -0.15) is 0 Å². The molecule has 6 nitrogen and oxygen atoms in total. The topological polar surface area (TPSA) is 84.5 Å². The summed E-state index contributed by atoms with van der Waals surface area (Å²) in [6.07, 6.45) is 1.43. The number of methoxy groups -OCH3 is 1. The number of amides is 1. The van der Waals surface area contributed by atoms with Gasteiger partial charge in [0.25, 0.3) is 10.0 Å². The molecule has 0 heterocycles. The molecular weight excluding hydrogens is 432 g/mol. The molecule has 144 valence electrons. The van der Waals surface area contributed by atoms with Crippen molar-refractivity contribution in [3.05, 3.63) is 58.1 Å². The van der Waals surface area contributed by atoms with Crippen LogP contribution >= 0.6 is 15.9 Å². The number of rotatable bonds is 6. The summed E-state index contributed by atoms with van der Waals surface area (Å²) in [4.78, 5) is 11.8. The maximum Gasteiger partial charge on any atom is 0.265 e. The normalized spacial score (nSPS) is 10.9. The molecule has 27 heavy (non-hydrogen) atoms. The van der Waals surface area contributed by atoms with E-state index < -0.39 is 10.0 Å². The zero-order valence-corrected chi connectivity index (χ0v) is 17.9. The van der Waals surface area contributed by atoms with Crippen molar-refractivity contribution in [2.75, 3.05) is 17.1 Å². The van der Waals surface area contributed by atoms with Crippen molar-refractivity contribution >= 4 is 43.2 Å². The quantitative estimate of drug-likeness (QED) is 0.632. The van der Waals surface area contributed by atoms with E-state index in [0.29, 0.717) is 15.8 Å². The lowest BCUT2D eigenvalue weighted by atomic mass is 10.2. The zero-order chi connectivity index (χ0) is 20.2. The smallest absolute Gasteiger partial charge is 0.265 e. The van der Waals surface area contributed by atoms with Gasteiger partial charge >= 0.3 is 0 Å². The molecule has 1 amide bonds. The number of hydrogen-bond acceptors (Lipinski definition) is 4. The van der Waals surface area contributed by atoms with Crippen molar-refractivity contribution in [3.8, 4) is 5.75 Å². The minimum Gasteiger partial charge on any atom is -0.495 e. The fraction of sp³-hybridized carbons (Fsp3) is 0.211. The molecule has 2 aromatic carbocycles. The number of hydrogen-bond donors (Lipinski definition) is 2. The fourth-order valence-electron chi connectivity index (χ4n) is 2.32. The highest BCUT2D eigenvalue weighted by Crippen LogP contribution is 2.31. The van der Waals surface area contributed by atoms with E-state index in [0.717, 1.165) is 11.1 Å². The predicted molar refractivity (Wildman–Crippen MR) is 111 cm³/mol. The van der Waals surface area contributed by atoms with Crippen LogP contribution in [0.4, 0.5) is 11.4 Å². The molecule has 0 bridgehead atoms. The van der Waals surface area contributed by atoms with E-state index in [1.165, 1.54) is 25.3 Å². The first-order valence-corrected chi connectivity index (χ1v) is 10.3. The van der Waals surface area contributed by atoms with Gasteiger partial charge in [0.1, 0.15) is 10.6 Å². The molecule has 2 N–H and O–H groups in total. The second kappa shape index (κ2) is 8.58. The summed E-state index contributed by atoms with van der Waals surface area (Å²) in [5, 5.41) is 2.65.